The van der Waals surface area contributed by atoms with Crippen molar-refractivity contribution in [3.63, 3.8) is 0 Å². The van der Waals surface area contributed by atoms with E-state index >= 15 is 0 Å². The summed E-state index contributed by atoms with van der Waals surface area (Å²) in [5.41, 5.74) is 0. The van der Waals surface area contributed by atoms with Gasteiger partial charge in [0.25, 0.3) is 0 Å². The molecule has 9 heteroatoms. The summed E-state index contributed by atoms with van der Waals surface area (Å²) in [5.74, 6) is 0. The summed E-state index contributed by atoms with van der Waals surface area (Å²) in [4.78, 5) is 10.5. The largest absolute Gasteiger partial charge is 0.586 e. The zero-order chi connectivity index (χ0) is 8.97. The van der Waals surface area contributed by atoms with Crippen LogP contribution in [-0.2, 0) is 13.7 Å². The van der Waals surface area contributed by atoms with Gasteiger partial charge in [-0.3, -0.25) is 14.7 Å². The van der Waals surface area contributed by atoms with Crippen LogP contribution in [-0.4, -0.2) is 41.9 Å². The minimum absolute atomic E-state index is 0.829. The van der Waals surface area contributed by atoms with Crippen molar-refractivity contribution in [3.8, 4) is 0 Å². The number of hydrogen-bond acceptors (Lipinski definition) is 6. The SMILES string of the molecule is C=NB1OB(N=C)OB(N=C)O1. The quantitative estimate of drug-likeness (QED) is 0.401. The molecule has 0 radical (unpaired) electrons. The highest BCUT2D eigenvalue weighted by atomic mass is 16.7. The molecule has 0 saturated carbocycles. The van der Waals surface area contributed by atoms with Gasteiger partial charge in [0.1, 0.15) is 0 Å². The Hall–Kier alpha value is -0.915. The molecule has 1 aliphatic heterocycles. The minimum atomic E-state index is -0.829. The highest BCUT2D eigenvalue weighted by molar-refractivity contribution is 6.72. The summed E-state index contributed by atoms with van der Waals surface area (Å²) in [6, 6.07) is 0. The maximum atomic E-state index is 4.93. The molecule has 0 aromatic heterocycles. The van der Waals surface area contributed by atoms with Crippen LogP contribution in [0.3, 0.4) is 0 Å². The molecule has 0 N–H and O–H groups in total. The molecular weight excluding hydrogens is 158 g/mol. The summed E-state index contributed by atoms with van der Waals surface area (Å²) in [5, 5.41) is 0. The van der Waals surface area contributed by atoms with Gasteiger partial charge in [0, 0.05) is 0 Å². The third kappa shape index (κ3) is 2.03. The number of hydrogen-bond donors (Lipinski definition) is 0. The van der Waals surface area contributed by atoms with E-state index in [1.54, 1.807) is 0 Å². The fraction of sp³-hybridized carbons (Fsp3) is 0. The molecule has 0 bridgehead atoms. The van der Waals surface area contributed by atoms with Crippen LogP contribution in [0.25, 0.3) is 0 Å². The van der Waals surface area contributed by atoms with E-state index in [0.29, 0.717) is 0 Å². The van der Waals surface area contributed by atoms with Gasteiger partial charge < -0.3 is 13.7 Å². The second-order valence-corrected chi connectivity index (χ2v) is 1.88. The Kier molecular flexibility index (Phi) is 3.21. The zero-order valence-electron chi connectivity index (χ0n) is 6.42. The molecule has 0 aromatic rings. The molecule has 6 nitrogen and oxygen atoms in total. The summed E-state index contributed by atoms with van der Waals surface area (Å²) >= 11 is 0. The van der Waals surface area contributed by atoms with Crippen molar-refractivity contribution in [2.75, 3.05) is 0 Å². The highest BCUT2D eigenvalue weighted by Crippen LogP contribution is 2.08. The summed E-state index contributed by atoms with van der Waals surface area (Å²) in [6.07, 6.45) is 0. The monoisotopic (exact) mass is 165 g/mol. The maximum Gasteiger partial charge on any atom is 0.586 e. The Morgan fingerprint density at radius 3 is 1.08 bits per heavy atom. The third-order valence-electron chi connectivity index (χ3n) is 1.15. The Labute approximate surface area is 71.2 Å². The van der Waals surface area contributed by atoms with Gasteiger partial charge in [-0.25, -0.2) is 0 Å². The maximum absolute atomic E-state index is 4.93. The Morgan fingerprint density at radius 1 is 0.667 bits per heavy atom. The van der Waals surface area contributed by atoms with Gasteiger partial charge in [0.15, 0.2) is 0 Å². The van der Waals surface area contributed by atoms with Crippen LogP contribution in [0.1, 0.15) is 0 Å². The van der Waals surface area contributed by atoms with Gasteiger partial charge in [0.2, 0.25) is 0 Å². The van der Waals surface area contributed by atoms with Crippen molar-refractivity contribution in [2.45, 2.75) is 0 Å². The average molecular weight is 165 g/mol. The van der Waals surface area contributed by atoms with E-state index in [4.69, 9.17) is 13.7 Å². The first-order valence-electron chi connectivity index (χ1n) is 3.14. The van der Waals surface area contributed by atoms with Crippen molar-refractivity contribution < 1.29 is 13.7 Å². The van der Waals surface area contributed by atoms with Crippen molar-refractivity contribution in [3.05, 3.63) is 0 Å². The Morgan fingerprint density at radius 2 is 0.917 bits per heavy atom. The van der Waals surface area contributed by atoms with Gasteiger partial charge in [-0.15, -0.1) is 0 Å². The first-order valence-corrected chi connectivity index (χ1v) is 3.14. The molecule has 1 heterocycles. The zero-order valence-corrected chi connectivity index (χ0v) is 6.42. The molecular formula is C3H6B3N3O3. The van der Waals surface area contributed by atoms with Gasteiger partial charge in [-0.05, 0) is 20.2 Å². The van der Waals surface area contributed by atoms with Gasteiger partial charge >= 0.3 is 21.8 Å². The molecule has 0 aromatic carbocycles. The minimum Gasteiger partial charge on any atom is -0.410 e. The van der Waals surface area contributed by atoms with Crippen LogP contribution in [0.15, 0.2) is 14.7 Å². The molecule has 1 saturated heterocycles. The van der Waals surface area contributed by atoms with Crippen LogP contribution >= 0.6 is 0 Å². The van der Waals surface area contributed by atoms with Gasteiger partial charge in [-0.1, -0.05) is 0 Å². The van der Waals surface area contributed by atoms with E-state index in [-0.39, 0.29) is 0 Å². The third-order valence-corrected chi connectivity index (χ3v) is 1.15. The molecule has 1 rings (SSSR count). The van der Waals surface area contributed by atoms with E-state index in [9.17, 15) is 0 Å². The highest BCUT2D eigenvalue weighted by Gasteiger charge is 2.41. The number of nitrogens with zero attached hydrogens (tertiary/aromatic N) is 3. The normalized spacial score (nSPS) is 17.5. The van der Waals surface area contributed by atoms with Crippen LogP contribution in [0.5, 0.6) is 0 Å². The second kappa shape index (κ2) is 4.20. The summed E-state index contributed by atoms with van der Waals surface area (Å²) in [7, 11) is -2.49. The van der Waals surface area contributed by atoms with Crippen molar-refractivity contribution in [1.29, 1.82) is 0 Å². The lowest BCUT2D eigenvalue weighted by molar-refractivity contribution is 0.284. The molecule has 0 aliphatic carbocycles. The van der Waals surface area contributed by atoms with E-state index in [1.165, 1.54) is 0 Å². The Bertz CT molecular complexity index is 163. The van der Waals surface area contributed by atoms with Crippen molar-refractivity contribution >= 4 is 41.9 Å². The smallest absolute Gasteiger partial charge is 0.410 e. The van der Waals surface area contributed by atoms with E-state index in [0.717, 1.165) is 0 Å². The lowest BCUT2D eigenvalue weighted by Crippen LogP contribution is -2.46. The Balaban J connectivity index is 2.57. The van der Waals surface area contributed by atoms with Crippen LogP contribution < -0.4 is 0 Å². The van der Waals surface area contributed by atoms with Gasteiger partial charge in [0.05, 0.1) is 0 Å². The lowest BCUT2D eigenvalue weighted by atomic mass is 9.90. The standard InChI is InChI=1S/C3H6B3N3O3/c1-7-4-10-5(8-2)12-6(9-3)11-4/h1-3H2. The van der Waals surface area contributed by atoms with Gasteiger partial charge in [-0.2, -0.15) is 0 Å². The second-order valence-electron chi connectivity index (χ2n) is 1.88. The molecule has 0 spiro atoms. The molecule has 0 amide bonds. The first kappa shape index (κ1) is 9.18. The fourth-order valence-corrected chi connectivity index (χ4v) is 0.653. The van der Waals surface area contributed by atoms with E-state index < -0.39 is 21.8 Å². The van der Waals surface area contributed by atoms with Crippen LogP contribution in [0.4, 0.5) is 0 Å². The molecule has 0 unspecified atom stereocenters. The molecule has 12 heavy (non-hydrogen) atoms. The average Bonchev–Trinajstić information content (AvgIpc) is 2.16. The molecule has 1 fully saturated rings. The molecule has 0 atom stereocenters. The topological polar surface area (TPSA) is 64.8 Å². The van der Waals surface area contributed by atoms with Crippen LogP contribution in [0.2, 0.25) is 0 Å². The van der Waals surface area contributed by atoms with E-state index in [2.05, 4.69) is 34.9 Å². The summed E-state index contributed by atoms with van der Waals surface area (Å²) in [6.45, 7) is 9.73. The predicted octanol–water partition coefficient (Wildman–Crippen LogP) is -0.894. The number of rotatable bonds is 3. The molecule has 60 valence electrons. The summed E-state index contributed by atoms with van der Waals surface area (Å²) < 4.78 is 14.8. The van der Waals surface area contributed by atoms with Crippen molar-refractivity contribution in [1.82, 2.24) is 0 Å². The fourth-order valence-electron chi connectivity index (χ4n) is 0.653. The van der Waals surface area contributed by atoms with Crippen molar-refractivity contribution in [2.24, 2.45) is 14.7 Å². The predicted molar refractivity (Wildman–Crippen MR) is 49.2 cm³/mol. The lowest BCUT2D eigenvalue weighted by Gasteiger charge is -2.22. The van der Waals surface area contributed by atoms with Crippen LogP contribution in [0, 0.1) is 0 Å². The van der Waals surface area contributed by atoms with E-state index in [1.807, 2.05) is 0 Å². The first-order chi connectivity index (χ1) is 5.80. The molecule has 1 aliphatic rings.